The van der Waals surface area contributed by atoms with Gasteiger partial charge in [0, 0.05) is 17.2 Å². The molecule has 0 amide bonds. The van der Waals surface area contributed by atoms with E-state index in [4.69, 9.17) is 10.3 Å². The number of aromatic nitrogens is 2. The Labute approximate surface area is 123 Å². The fraction of sp³-hybridized carbons (Fsp3) is 0.429. The van der Waals surface area contributed by atoms with Crippen molar-refractivity contribution in [1.29, 1.82) is 0 Å². The molecule has 1 aromatic heterocycles. The van der Waals surface area contributed by atoms with Crippen LogP contribution in [0.25, 0.3) is 11.5 Å². The van der Waals surface area contributed by atoms with Gasteiger partial charge >= 0.3 is 0 Å². The van der Waals surface area contributed by atoms with Crippen LogP contribution in [0.5, 0.6) is 0 Å². The Hall–Kier alpha value is -1.89. The summed E-state index contributed by atoms with van der Waals surface area (Å²) in [5, 5.41) is 3.95. The highest BCUT2D eigenvalue weighted by Gasteiger charge is 2.32. The molecule has 1 unspecified atom stereocenters. The molecule has 0 aliphatic carbocycles. The van der Waals surface area contributed by atoms with Gasteiger partial charge in [-0.05, 0) is 43.5 Å². The summed E-state index contributed by atoms with van der Waals surface area (Å²) in [5.41, 5.74) is 9.37. The second-order valence-corrected chi connectivity index (χ2v) is 7.80. The van der Waals surface area contributed by atoms with Crippen LogP contribution in [-0.4, -0.2) is 30.1 Å². The number of nitrogens with two attached hydrogens (primary N) is 1. The number of anilines is 1. The van der Waals surface area contributed by atoms with Crippen molar-refractivity contribution in [2.45, 2.75) is 26.2 Å². The van der Waals surface area contributed by atoms with Gasteiger partial charge in [-0.1, -0.05) is 5.16 Å². The molecule has 112 valence electrons. The molecule has 0 bridgehead atoms. The number of nitrogen functional groups attached to an aromatic ring is 1. The quantitative estimate of drug-likeness (QED) is 0.850. The number of nitrogens with zero attached hydrogens (tertiary/aromatic N) is 2. The highest BCUT2D eigenvalue weighted by atomic mass is 32.2. The number of hydrogen-bond donors (Lipinski definition) is 1. The topological polar surface area (TPSA) is 99.1 Å². The molecule has 1 aliphatic rings. The van der Waals surface area contributed by atoms with Crippen LogP contribution in [0.2, 0.25) is 0 Å². The van der Waals surface area contributed by atoms with E-state index in [0.717, 1.165) is 16.7 Å². The molecule has 1 fully saturated rings. The number of aryl methyl sites for hydroxylation is 1. The van der Waals surface area contributed by atoms with Crippen LogP contribution in [0.3, 0.4) is 0 Å². The average molecular weight is 307 g/mol. The van der Waals surface area contributed by atoms with E-state index in [2.05, 4.69) is 10.1 Å². The summed E-state index contributed by atoms with van der Waals surface area (Å²) in [5.74, 6) is 0.974. The summed E-state index contributed by atoms with van der Waals surface area (Å²) in [4.78, 5) is 4.37. The first kappa shape index (κ1) is 14.1. The molecule has 7 heteroatoms. The van der Waals surface area contributed by atoms with Gasteiger partial charge in [-0.15, -0.1) is 0 Å². The summed E-state index contributed by atoms with van der Waals surface area (Å²) in [6, 6.07) is 3.69. The van der Waals surface area contributed by atoms with E-state index in [1.165, 1.54) is 0 Å². The molecule has 1 saturated heterocycles. The highest BCUT2D eigenvalue weighted by Crippen LogP contribution is 2.31. The molecule has 0 spiro atoms. The summed E-state index contributed by atoms with van der Waals surface area (Å²) >= 11 is 0. The third kappa shape index (κ3) is 2.65. The first-order chi connectivity index (χ1) is 9.85. The standard InChI is InChI=1S/C14H17N3O3S/c1-8-5-11(15)6-12(9(8)2)14-16-13(17-20-14)10-3-4-21(18,19)7-10/h5-6,10H,3-4,7,15H2,1-2H3. The lowest BCUT2D eigenvalue weighted by atomic mass is 10.0. The van der Waals surface area contributed by atoms with Crippen LogP contribution in [-0.2, 0) is 9.84 Å². The lowest BCUT2D eigenvalue weighted by molar-refractivity contribution is 0.417. The second kappa shape index (κ2) is 4.84. The Morgan fingerprint density at radius 2 is 2.10 bits per heavy atom. The fourth-order valence-corrected chi connectivity index (χ4v) is 4.36. The van der Waals surface area contributed by atoms with Crippen molar-refractivity contribution in [1.82, 2.24) is 10.1 Å². The Morgan fingerprint density at radius 3 is 2.76 bits per heavy atom. The van der Waals surface area contributed by atoms with Gasteiger partial charge in [0.05, 0.1) is 11.5 Å². The Balaban J connectivity index is 1.96. The molecular weight excluding hydrogens is 290 g/mol. The van der Waals surface area contributed by atoms with Crippen molar-refractivity contribution in [2.75, 3.05) is 17.2 Å². The van der Waals surface area contributed by atoms with Crippen molar-refractivity contribution in [3.05, 3.63) is 29.1 Å². The van der Waals surface area contributed by atoms with Crippen molar-refractivity contribution >= 4 is 15.5 Å². The summed E-state index contributed by atoms with van der Waals surface area (Å²) in [6.45, 7) is 3.93. The predicted molar refractivity (Wildman–Crippen MR) is 79.6 cm³/mol. The zero-order valence-corrected chi connectivity index (χ0v) is 12.8. The highest BCUT2D eigenvalue weighted by molar-refractivity contribution is 7.91. The van der Waals surface area contributed by atoms with Crippen LogP contribution in [0.15, 0.2) is 16.7 Å². The normalized spacial score (nSPS) is 20.8. The van der Waals surface area contributed by atoms with E-state index >= 15 is 0 Å². The maximum Gasteiger partial charge on any atom is 0.258 e. The van der Waals surface area contributed by atoms with Gasteiger partial charge in [0.25, 0.3) is 5.89 Å². The Morgan fingerprint density at radius 1 is 1.33 bits per heavy atom. The molecule has 1 aromatic carbocycles. The molecule has 1 aliphatic heterocycles. The van der Waals surface area contributed by atoms with Crippen LogP contribution in [0.1, 0.15) is 29.3 Å². The Kier molecular flexibility index (Phi) is 3.24. The fourth-order valence-electron chi connectivity index (χ4n) is 2.62. The van der Waals surface area contributed by atoms with Gasteiger partial charge in [0.2, 0.25) is 0 Å². The maximum absolute atomic E-state index is 11.5. The minimum atomic E-state index is -2.96. The summed E-state index contributed by atoms with van der Waals surface area (Å²) < 4.78 is 28.4. The SMILES string of the molecule is Cc1cc(N)cc(-c2nc(C3CCS(=O)(=O)C3)no2)c1C. The van der Waals surface area contributed by atoms with E-state index < -0.39 is 9.84 Å². The van der Waals surface area contributed by atoms with Gasteiger partial charge in [-0.2, -0.15) is 4.98 Å². The maximum atomic E-state index is 11.5. The van der Waals surface area contributed by atoms with Gasteiger partial charge in [-0.3, -0.25) is 0 Å². The molecule has 2 aromatic rings. The number of rotatable bonds is 2. The summed E-state index contributed by atoms with van der Waals surface area (Å²) in [6.07, 6.45) is 0.552. The van der Waals surface area contributed by atoms with Gasteiger partial charge in [-0.25, -0.2) is 8.42 Å². The zero-order valence-electron chi connectivity index (χ0n) is 12.0. The van der Waals surface area contributed by atoms with E-state index in [-0.39, 0.29) is 17.4 Å². The number of sulfone groups is 1. The van der Waals surface area contributed by atoms with Crippen molar-refractivity contribution in [3.63, 3.8) is 0 Å². The van der Waals surface area contributed by atoms with Crippen LogP contribution in [0, 0.1) is 13.8 Å². The smallest absolute Gasteiger partial charge is 0.258 e. The molecule has 21 heavy (non-hydrogen) atoms. The largest absolute Gasteiger partial charge is 0.399 e. The van der Waals surface area contributed by atoms with Crippen molar-refractivity contribution in [2.24, 2.45) is 0 Å². The van der Waals surface area contributed by atoms with E-state index in [0.29, 0.717) is 23.8 Å². The van der Waals surface area contributed by atoms with Crippen molar-refractivity contribution in [3.8, 4) is 11.5 Å². The predicted octanol–water partition coefficient (Wildman–Crippen LogP) is 1.84. The van der Waals surface area contributed by atoms with Gasteiger partial charge in [0.1, 0.15) is 0 Å². The lowest BCUT2D eigenvalue weighted by Crippen LogP contribution is -2.05. The molecule has 0 saturated carbocycles. The van der Waals surface area contributed by atoms with Crippen molar-refractivity contribution < 1.29 is 12.9 Å². The second-order valence-electron chi connectivity index (χ2n) is 5.57. The first-order valence-electron chi connectivity index (χ1n) is 6.77. The number of benzene rings is 1. The monoisotopic (exact) mass is 307 g/mol. The summed E-state index contributed by atoms with van der Waals surface area (Å²) in [7, 11) is -2.96. The molecule has 2 heterocycles. The van der Waals surface area contributed by atoms with Crippen LogP contribution < -0.4 is 5.73 Å². The Bertz CT molecular complexity index is 796. The molecule has 3 rings (SSSR count). The van der Waals surface area contributed by atoms with E-state index in [1.54, 1.807) is 6.07 Å². The first-order valence-corrected chi connectivity index (χ1v) is 8.59. The third-order valence-electron chi connectivity index (χ3n) is 3.96. The third-order valence-corrected chi connectivity index (χ3v) is 5.73. The number of hydrogen-bond acceptors (Lipinski definition) is 6. The van der Waals surface area contributed by atoms with Gasteiger partial charge < -0.3 is 10.3 Å². The van der Waals surface area contributed by atoms with Gasteiger partial charge in [0.15, 0.2) is 15.7 Å². The zero-order chi connectivity index (χ0) is 15.2. The minimum absolute atomic E-state index is 0.0981. The lowest BCUT2D eigenvalue weighted by Gasteiger charge is -2.06. The minimum Gasteiger partial charge on any atom is -0.399 e. The molecule has 6 nitrogen and oxygen atoms in total. The average Bonchev–Trinajstić information content (AvgIpc) is 3.00. The van der Waals surface area contributed by atoms with E-state index in [9.17, 15) is 8.42 Å². The van der Waals surface area contributed by atoms with Crippen LogP contribution in [0.4, 0.5) is 5.69 Å². The molecule has 0 radical (unpaired) electrons. The molecule has 1 atom stereocenters. The van der Waals surface area contributed by atoms with Crippen LogP contribution >= 0.6 is 0 Å². The molecule has 2 N–H and O–H groups in total. The van der Waals surface area contributed by atoms with E-state index in [1.807, 2.05) is 19.9 Å². The molecular formula is C14H17N3O3S.